The Morgan fingerprint density at radius 3 is 2.62 bits per heavy atom. The smallest absolute Gasteiger partial charge is 0.316 e. The second-order valence-corrected chi connectivity index (χ2v) is 6.96. The van der Waals surface area contributed by atoms with Gasteiger partial charge in [-0.2, -0.15) is 0 Å². The minimum absolute atomic E-state index is 0.00459. The highest BCUT2D eigenvalue weighted by molar-refractivity contribution is 8.00. The number of amides is 1. The first-order valence-corrected chi connectivity index (χ1v) is 7.97. The van der Waals surface area contributed by atoms with Gasteiger partial charge in [0.25, 0.3) is 0 Å². The molecule has 1 amide bonds. The summed E-state index contributed by atoms with van der Waals surface area (Å²) in [4.78, 5) is 24.1. The molecule has 1 aromatic carbocycles. The first-order valence-electron chi connectivity index (χ1n) is 6.98. The van der Waals surface area contributed by atoms with Crippen molar-refractivity contribution in [3.05, 3.63) is 24.3 Å². The van der Waals surface area contributed by atoms with Gasteiger partial charge in [-0.1, -0.05) is 26.8 Å². The van der Waals surface area contributed by atoms with Gasteiger partial charge in [-0.3, -0.25) is 9.59 Å². The van der Waals surface area contributed by atoms with Crippen molar-refractivity contribution >= 4 is 29.3 Å². The van der Waals surface area contributed by atoms with E-state index in [1.807, 2.05) is 45.0 Å². The third kappa shape index (κ3) is 7.75. The van der Waals surface area contributed by atoms with Crippen LogP contribution in [0, 0.1) is 5.41 Å². The summed E-state index contributed by atoms with van der Waals surface area (Å²) in [5, 5.41) is 2.88. The lowest BCUT2D eigenvalue weighted by Gasteiger charge is -2.17. The van der Waals surface area contributed by atoms with E-state index in [-0.39, 0.29) is 23.0 Å². The molecule has 0 aromatic heterocycles. The number of carbonyl (C=O) groups excluding carboxylic acids is 2. The molecule has 0 aliphatic rings. The topological polar surface area (TPSA) is 55.4 Å². The molecule has 0 bridgehead atoms. The molecule has 116 valence electrons. The Labute approximate surface area is 130 Å². The minimum atomic E-state index is -0.232. The van der Waals surface area contributed by atoms with Crippen LogP contribution in [0.15, 0.2) is 29.2 Å². The van der Waals surface area contributed by atoms with E-state index in [0.717, 1.165) is 10.6 Å². The van der Waals surface area contributed by atoms with Gasteiger partial charge in [-0.15, -0.1) is 11.8 Å². The van der Waals surface area contributed by atoms with Gasteiger partial charge in [0.1, 0.15) is 0 Å². The molecular weight excluding hydrogens is 286 g/mol. The fourth-order valence-electron chi connectivity index (χ4n) is 1.70. The number of esters is 1. The third-order valence-electron chi connectivity index (χ3n) is 2.47. The zero-order chi connectivity index (χ0) is 15.9. The lowest BCUT2D eigenvalue weighted by atomic mass is 9.92. The Morgan fingerprint density at radius 2 is 2.00 bits per heavy atom. The quantitative estimate of drug-likeness (QED) is 0.643. The molecule has 0 unspecified atom stereocenters. The minimum Gasteiger partial charge on any atom is -0.465 e. The van der Waals surface area contributed by atoms with Crippen LogP contribution in [-0.2, 0) is 14.3 Å². The number of carbonyl (C=O) groups is 2. The molecule has 0 aliphatic carbocycles. The molecule has 21 heavy (non-hydrogen) atoms. The summed E-state index contributed by atoms with van der Waals surface area (Å²) in [5.74, 6) is 0.0347. The first-order chi connectivity index (χ1) is 9.80. The third-order valence-corrected chi connectivity index (χ3v) is 3.44. The van der Waals surface area contributed by atoms with Crippen LogP contribution in [0.25, 0.3) is 0 Å². The lowest BCUT2D eigenvalue weighted by molar-refractivity contribution is -0.139. The molecule has 4 nitrogen and oxygen atoms in total. The predicted octanol–water partition coefficient (Wildman–Crippen LogP) is 3.72. The molecular formula is C16H23NO3S. The van der Waals surface area contributed by atoms with E-state index in [2.05, 4.69) is 5.32 Å². The van der Waals surface area contributed by atoms with Gasteiger partial charge in [0.05, 0.1) is 12.4 Å². The lowest BCUT2D eigenvalue weighted by Crippen LogP contribution is -2.19. The highest BCUT2D eigenvalue weighted by Crippen LogP contribution is 2.23. The van der Waals surface area contributed by atoms with E-state index in [4.69, 9.17) is 4.74 Å². The van der Waals surface area contributed by atoms with Gasteiger partial charge in [-0.05, 0) is 30.5 Å². The second-order valence-electron chi connectivity index (χ2n) is 5.91. The highest BCUT2D eigenvalue weighted by atomic mass is 32.2. The Balaban J connectivity index is 2.56. The monoisotopic (exact) mass is 309 g/mol. The van der Waals surface area contributed by atoms with Crippen LogP contribution in [0.4, 0.5) is 5.69 Å². The van der Waals surface area contributed by atoms with E-state index < -0.39 is 0 Å². The number of ether oxygens (including phenoxy) is 1. The maximum absolute atomic E-state index is 11.9. The summed E-state index contributed by atoms with van der Waals surface area (Å²) in [6.45, 7) is 8.25. The zero-order valence-electron chi connectivity index (χ0n) is 13.1. The molecule has 5 heteroatoms. The summed E-state index contributed by atoms with van der Waals surface area (Å²) in [6.07, 6.45) is 0.465. The SMILES string of the molecule is CCOC(=O)CSc1cccc(NC(=O)CC(C)(C)C)c1. The maximum atomic E-state index is 11.9. The van der Waals surface area contributed by atoms with Crippen LogP contribution in [-0.4, -0.2) is 24.2 Å². The molecule has 0 radical (unpaired) electrons. The number of nitrogens with one attached hydrogen (secondary N) is 1. The number of benzene rings is 1. The van der Waals surface area contributed by atoms with Gasteiger partial charge in [0, 0.05) is 17.0 Å². The van der Waals surface area contributed by atoms with E-state index in [9.17, 15) is 9.59 Å². The highest BCUT2D eigenvalue weighted by Gasteiger charge is 2.16. The Hall–Kier alpha value is -1.49. The summed E-state index contributed by atoms with van der Waals surface area (Å²) in [5.41, 5.74) is 0.707. The molecule has 0 aliphatic heterocycles. The summed E-state index contributed by atoms with van der Waals surface area (Å²) < 4.78 is 4.88. The maximum Gasteiger partial charge on any atom is 0.316 e. The van der Waals surface area contributed by atoms with E-state index in [1.165, 1.54) is 11.8 Å². The number of rotatable bonds is 6. The number of hydrogen-bond donors (Lipinski definition) is 1. The van der Waals surface area contributed by atoms with Crippen LogP contribution < -0.4 is 5.32 Å². The van der Waals surface area contributed by atoms with Crippen molar-refractivity contribution in [1.29, 1.82) is 0 Å². The molecule has 0 heterocycles. The fourth-order valence-corrected chi connectivity index (χ4v) is 2.45. The van der Waals surface area contributed by atoms with Gasteiger partial charge in [-0.25, -0.2) is 0 Å². The van der Waals surface area contributed by atoms with Crippen LogP contribution in [0.3, 0.4) is 0 Å². The second kappa shape index (κ2) is 8.08. The Bertz CT molecular complexity index is 495. The first kappa shape index (κ1) is 17.6. The molecule has 0 fully saturated rings. The van der Waals surface area contributed by atoms with Crippen LogP contribution in [0.5, 0.6) is 0 Å². The molecule has 1 rings (SSSR count). The van der Waals surface area contributed by atoms with Crippen molar-refractivity contribution in [2.24, 2.45) is 5.41 Å². The van der Waals surface area contributed by atoms with Gasteiger partial charge < -0.3 is 10.1 Å². The normalized spacial score (nSPS) is 11.0. The van der Waals surface area contributed by atoms with Crippen molar-refractivity contribution in [3.8, 4) is 0 Å². The van der Waals surface area contributed by atoms with Crippen LogP contribution in [0.1, 0.15) is 34.1 Å². The van der Waals surface area contributed by atoms with E-state index >= 15 is 0 Å². The molecule has 0 spiro atoms. The van der Waals surface area contributed by atoms with Crippen molar-refractivity contribution in [1.82, 2.24) is 0 Å². The van der Waals surface area contributed by atoms with E-state index in [1.54, 1.807) is 6.92 Å². The molecule has 1 N–H and O–H groups in total. The average molecular weight is 309 g/mol. The van der Waals surface area contributed by atoms with Gasteiger partial charge >= 0.3 is 5.97 Å². The Morgan fingerprint density at radius 1 is 1.29 bits per heavy atom. The van der Waals surface area contributed by atoms with Crippen LogP contribution >= 0.6 is 11.8 Å². The van der Waals surface area contributed by atoms with Crippen molar-refractivity contribution < 1.29 is 14.3 Å². The largest absolute Gasteiger partial charge is 0.465 e. The van der Waals surface area contributed by atoms with Crippen molar-refractivity contribution in [3.63, 3.8) is 0 Å². The van der Waals surface area contributed by atoms with Crippen molar-refractivity contribution in [2.45, 2.75) is 39.0 Å². The molecule has 1 aromatic rings. The predicted molar refractivity (Wildman–Crippen MR) is 86.5 cm³/mol. The molecule has 0 saturated carbocycles. The van der Waals surface area contributed by atoms with Gasteiger partial charge in [0.2, 0.25) is 5.91 Å². The summed E-state index contributed by atoms with van der Waals surface area (Å²) in [7, 11) is 0. The molecule has 0 atom stereocenters. The van der Waals surface area contributed by atoms with Crippen LogP contribution in [0.2, 0.25) is 0 Å². The number of anilines is 1. The van der Waals surface area contributed by atoms with Crippen molar-refractivity contribution in [2.75, 3.05) is 17.7 Å². The van der Waals surface area contributed by atoms with Gasteiger partial charge in [0.15, 0.2) is 0 Å². The standard InChI is InChI=1S/C16H23NO3S/c1-5-20-15(19)11-21-13-8-6-7-12(9-13)17-14(18)10-16(2,3)4/h6-9H,5,10-11H2,1-4H3,(H,17,18). The number of hydrogen-bond acceptors (Lipinski definition) is 4. The average Bonchev–Trinajstić information content (AvgIpc) is 2.35. The number of thioether (sulfide) groups is 1. The van der Waals surface area contributed by atoms with E-state index in [0.29, 0.717) is 13.0 Å². The Kier molecular flexibility index (Phi) is 6.75. The summed E-state index contributed by atoms with van der Waals surface area (Å²) >= 11 is 1.40. The fraction of sp³-hybridized carbons (Fsp3) is 0.500. The summed E-state index contributed by atoms with van der Waals surface area (Å²) in [6, 6.07) is 7.48. The molecule has 0 saturated heterocycles. The zero-order valence-corrected chi connectivity index (χ0v) is 13.9.